The average molecular weight is 339 g/mol. The van der Waals surface area contributed by atoms with Crippen LogP contribution < -0.4 is 4.74 Å². The molecule has 0 amide bonds. The van der Waals surface area contributed by atoms with Gasteiger partial charge in [0.2, 0.25) is 5.88 Å². The van der Waals surface area contributed by atoms with E-state index in [1.807, 2.05) is 0 Å². The van der Waals surface area contributed by atoms with Crippen molar-refractivity contribution in [3.8, 4) is 5.88 Å². The maximum atomic E-state index is 12.0. The summed E-state index contributed by atoms with van der Waals surface area (Å²) in [6, 6.07) is 8.23. The van der Waals surface area contributed by atoms with E-state index in [0.29, 0.717) is 10.0 Å². The first-order chi connectivity index (χ1) is 9.52. The standard InChI is InChI=1S/C13H11BrN2O4/c1-16-11(7-10(15-16)13(18)19-2)20-12(17)8-5-3-4-6-9(8)14/h3-7H,1-2H3. The summed E-state index contributed by atoms with van der Waals surface area (Å²) >= 11 is 3.27. The van der Waals surface area contributed by atoms with Crippen molar-refractivity contribution in [2.24, 2.45) is 7.05 Å². The number of esters is 2. The molecule has 1 aromatic heterocycles. The molecule has 104 valence electrons. The van der Waals surface area contributed by atoms with Crippen molar-refractivity contribution in [1.29, 1.82) is 0 Å². The Hall–Kier alpha value is -2.15. The lowest BCUT2D eigenvalue weighted by atomic mass is 10.2. The molecule has 0 spiro atoms. The zero-order valence-corrected chi connectivity index (χ0v) is 12.4. The highest BCUT2D eigenvalue weighted by Crippen LogP contribution is 2.19. The molecule has 2 rings (SSSR count). The summed E-state index contributed by atoms with van der Waals surface area (Å²) in [5.74, 6) is -0.980. The minimum absolute atomic E-state index is 0.0740. The highest BCUT2D eigenvalue weighted by molar-refractivity contribution is 9.10. The van der Waals surface area contributed by atoms with Gasteiger partial charge in [-0.05, 0) is 28.1 Å². The molecule has 0 atom stereocenters. The van der Waals surface area contributed by atoms with E-state index in [2.05, 4.69) is 25.8 Å². The van der Waals surface area contributed by atoms with Crippen LogP contribution in [0, 0.1) is 0 Å². The van der Waals surface area contributed by atoms with E-state index in [0.717, 1.165) is 0 Å². The van der Waals surface area contributed by atoms with Crippen LogP contribution in [-0.2, 0) is 11.8 Å². The molecule has 0 aliphatic heterocycles. The number of rotatable bonds is 3. The van der Waals surface area contributed by atoms with Crippen LogP contribution >= 0.6 is 15.9 Å². The fourth-order valence-electron chi connectivity index (χ4n) is 1.53. The van der Waals surface area contributed by atoms with Crippen LogP contribution in [0.15, 0.2) is 34.8 Å². The van der Waals surface area contributed by atoms with E-state index in [1.54, 1.807) is 31.3 Å². The summed E-state index contributed by atoms with van der Waals surface area (Å²) in [5, 5.41) is 3.90. The normalized spacial score (nSPS) is 10.2. The second-order valence-electron chi connectivity index (χ2n) is 3.85. The molecular formula is C13H11BrN2O4. The minimum atomic E-state index is -0.594. The van der Waals surface area contributed by atoms with Gasteiger partial charge in [0, 0.05) is 17.6 Å². The number of ether oxygens (including phenoxy) is 2. The van der Waals surface area contributed by atoms with Crippen LogP contribution in [-0.4, -0.2) is 28.8 Å². The first-order valence-electron chi connectivity index (χ1n) is 5.62. The highest BCUT2D eigenvalue weighted by atomic mass is 79.9. The number of aryl methyl sites for hydroxylation is 1. The topological polar surface area (TPSA) is 70.4 Å². The summed E-state index contributed by atoms with van der Waals surface area (Å²) in [4.78, 5) is 23.4. The van der Waals surface area contributed by atoms with Crippen molar-refractivity contribution >= 4 is 27.9 Å². The van der Waals surface area contributed by atoms with Crippen LogP contribution in [0.2, 0.25) is 0 Å². The van der Waals surface area contributed by atoms with Crippen molar-refractivity contribution in [1.82, 2.24) is 9.78 Å². The van der Waals surface area contributed by atoms with Gasteiger partial charge in [0.15, 0.2) is 5.69 Å². The Balaban J connectivity index is 2.22. The molecule has 0 fully saturated rings. The molecule has 0 bridgehead atoms. The van der Waals surface area contributed by atoms with Gasteiger partial charge in [-0.2, -0.15) is 5.10 Å². The molecule has 0 radical (unpaired) electrons. The van der Waals surface area contributed by atoms with Gasteiger partial charge >= 0.3 is 11.9 Å². The lowest BCUT2D eigenvalue weighted by Gasteiger charge is -2.05. The fraction of sp³-hybridized carbons (Fsp3) is 0.154. The Morgan fingerprint density at radius 2 is 1.95 bits per heavy atom. The smallest absolute Gasteiger partial charge is 0.358 e. The van der Waals surface area contributed by atoms with Crippen molar-refractivity contribution < 1.29 is 19.1 Å². The summed E-state index contributed by atoms with van der Waals surface area (Å²) < 4.78 is 11.7. The molecule has 0 saturated carbocycles. The van der Waals surface area contributed by atoms with Gasteiger partial charge in [-0.3, -0.25) is 0 Å². The molecule has 6 nitrogen and oxygen atoms in total. The fourth-order valence-corrected chi connectivity index (χ4v) is 1.97. The van der Waals surface area contributed by atoms with Gasteiger partial charge in [-0.1, -0.05) is 12.1 Å². The number of benzene rings is 1. The number of carbonyl (C=O) groups is 2. The quantitative estimate of drug-likeness (QED) is 0.802. The number of halogens is 1. The van der Waals surface area contributed by atoms with Gasteiger partial charge in [0.25, 0.3) is 0 Å². The zero-order chi connectivity index (χ0) is 14.7. The third-order valence-corrected chi connectivity index (χ3v) is 3.21. The molecule has 1 aromatic carbocycles. The Morgan fingerprint density at radius 3 is 2.60 bits per heavy atom. The number of hydrogen-bond donors (Lipinski definition) is 0. The first kappa shape index (κ1) is 14.3. The molecule has 0 unspecified atom stereocenters. The SMILES string of the molecule is COC(=O)c1cc(OC(=O)c2ccccc2Br)n(C)n1. The molecule has 7 heteroatoms. The highest BCUT2D eigenvalue weighted by Gasteiger charge is 2.18. The summed E-state index contributed by atoms with van der Waals surface area (Å²) in [6.07, 6.45) is 0. The van der Waals surface area contributed by atoms with Crippen LogP contribution in [0.5, 0.6) is 5.88 Å². The van der Waals surface area contributed by atoms with Crippen LogP contribution in [0.4, 0.5) is 0 Å². The predicted molar refractivity (Wildman–Crippen MR) is 73.6 cm³/mol. The molecule has 0 N–H and O–H groups in total. The number of methoxy groups -OCH3 is 1. The summed E-state index contributed by atoms with van der Waals surface area (Å²) in [7, 11) is 2.82. The molecular weight excluding hydrogens is 328 g/mol. The Bertz CT molecular complexity index is 666. The van der Waals surface area contributed by atoms with Crippen molar-refractivity contribution in [3.05, 3.63) is 46.1 Å². The number of hydrogen-bond acceptors (Lipinski definition) is 5. The Kier molecular flexibility index (Phi) is 4.19. The number of aromatic nitrogens is 2. The predicted octanol–water partition coefficient (Wildman–Crippen LogP) is 2.19. The van der Waals surface area contributed by atoms with Crippen molar-refractivity contribution in [2.45, 2.75) is 0 Å². The van der Waals surface area contributed by atoms with Crippen molar-refractivity contribution in [3.63, 3.8) is 0 Å². The second-order valence-corrected chi connectivity index (χ2v) is 4.71. The van der Waals surface area contributed by atoms with E-state index in [9.17, 15) is 9.59 Å². The zero-order valence-electron chi connectivity index (χ0n) is 10.8. The molecule has 1 heterocycles. The number of carbonyl (C=O) groups excluding carboxylic acids is 2. The van der Waals surface area contributed by atoms with E-state index in [-0.39, 0.29) is 11.6 Å². The molecule has 0 saturated heterocycles. The van der Waals surface area contributed by atoms with Gasteiger partial charge in [-0.25, -0.2) is 14.3 Å². The van der Waals surface area contributed by atoms with Gasteiger partial charge in [0.1, 0.15) is 0 Å². The third kappa shape index (κ3) is 2.88. The van der Waals surface area contributed by atoms with E-state index in [4.69, 9.17) is 4.74 Å². The van der Waals surface area contributed by atoms with Crippen LogP contribution in [0.25, 0.3) is 0 Å². The Morgan fingerprint density at radius 1 is 1.25 bits per heavy atom. The van der Waals surface area contributed by atoms with Gasteiger partial charge in [-0.15, -0.1) is 0 Å². The van der Waals surface area contributed by atoms with Crippen LogP contribution in [0.3, 0.4) is 0 Å². The average Bonchev–Trinajstić information content (AvgIpc) is 2.79. The molecule has 20 heavy (non-hydrogen) atoms. The van der Waals surface area contributed by atoms with E-state index < -0.39 is 11.9 Å². The lowest BCUT2D eigenvalue weighted by Crippen LogP contribution is -2.11. The molecule has 2 aromatic rings. The largest absolute Gasteiger partial charge is 0.464 e. The molecule has 0 aliphatic carbocycles. The Labute approximate surface area is 123 Å². The van der Waals surface area contributed by atoms with Gasteiger partial charge < -0.3 is 9.47 Å². The lowest BCUT2D eigenvalue weighted by molar-refractivity contribution is 0.0592. The second kappa shape index (κ2) is 5.87. The minimum Gasteiger partial charge on any atom is -0.464 e. The molecule has 0 aliphatic rings. The van der Waals surface area contributed by atoms with Gasteiger partial charge in [0.05, 0.1) is 12.7 Å². The van der Waals surface area contributed by atoms with Crippen molar-refractivity contribution in [2.75, 3.05) is 7.11 Å². The number of nitrogens with zero attached hydrogens (tertiary/aromatic N) is 2. The summed E-state index contributed by atoms with van der Waals surface area (Å²) in [6.45, 7) is 0. The monoisotopic (exact) mass is 338 g/mol. The van der Waals surface area contributed by atoms with E-state index in [1.165, 1.54) is 17.9 Å². The maximum Gasteiger partial charge on any atom is 0.358 e. The first-order valence-corrected chi connectivity index (χ1v) is 6.41. The third-order valence-electron chi connectivity index (χ3n) is 2.52. The van der Waals surface area contributed by atoms with Crippen LogP contribution in [0.1, 0.15) is 20.8 Å². The summed E-state index contributed by atoms with van der Waals surface area (Å²) in [5.41, 5.74) is 0.457. The maximum absolute atomic E-state index is 12.0. The van der Waals surface area contributed by atoms with E-state index >= 15 is 0 Å².